The quantitative estimate of drug-likeness (QED) is 0.583. The number of aromatic nitrogens is 3. The highest BCUT2D eigenvalue weighted by atomic mass is 16.6. The summed E-state index contributed by atoms with van der Waals surface area (Å²) in [5.41, 5.74) is 0.283. The summed E-state index contributed by atoms with van der Waals surface area (Å²) >= 11 is 0. The van der Waals surface area contributed by atoms with E-state index < -0.39 is 4.92 Å². The summed E-state index contributed by atoms with van der Waals surface area (Å²) < 4.78 is 1.65. The Morgan fingerprint density at radius 3 is 2.50 bits per heavy atom. The molecule has 0 aliphatic carbocycles. The molecule has 0 aromatic carbocycles. The standard InChI is InChI=1S/C10H18N4O2/c1-5-6-7-13-8(10(2,3)4)9(11-12-13)14(15)16/h5-7H2,1-4H3. The maximum Gasteiger partial charge on any atom is 0.414 e. The Balaban J connectivity index is 3.15. The van der Waals surface area contributed by atoms with Gasteiger partial charge < -0.3 is 10.1 Å². The van der Waals surface area contributed by atoms with E-state index in [2.05, 4.69) is 17.2 Å². The fourth-order valence-corrected chi connectivity index (χ4v) is 1.61. The third-order valence-corrected chi connectivity index (χ3v) is 2.32. The lowest BCUT2D eigenvalue weighted by Crippen LogP contribution is -2.20. The summed E-state index contributed by atoms with van der Waals surface area (Å²) in [4.78, 5) is 10.4. The summed E-state index contributed by atoms with van der Waals surface area (Å²) in [6.45, 7) is 8.55. The molecule has 0 radical (unpaired) electrons. The number of nitro groups is 1. The maximum absolute atomic E-state index is 10.8. The fraction of sp³-hybridized carbons (Fsp3) is 0.800. The van der Waals surface area contributed by atoms with E-state index in [1.807, 2.05) is 20.8 Å². The van der Waals surface area contributed by atoms with Crippen LogP contribution in [0.5, 0.6) is 0 Å². The van der Waals surface area contributed by atoms with Crippen molar-refractivity contribution in [2.45, 2.75) is 52.5 Å². The molecule has 0 N–H and O–H groups in total. The zero-order valence-electron chi connectivity index (χ0n) is 10.2. The molecule has 1 aromatic rings. The normalized spacial score (nSPS) is 11.8. The van der Waals surface area contributed by atoms with E-state index in [-0.39, 0.29) is 11.2 Å². The Morgan fingerprint density at radius 2 is 2.06 bits per heavy atom. The molecule has 0 unspecified atom stereocenters. The van der Waals surface area contributed by atoms with Crippen LogP contribution in [0.25, 0.3) is 0 Å². The summed E-state index contributed by atoms with van der Waals surface area (Å²) in [6.07, 6.45) is 1.97. The van der Waals surface area contributed by atoms with Crippen LogP contribution < -0.4 is 0 Å². The lowest BCUT2D eigenvalue weighted by molar-refractivity contribution is -0.390. The van der Waals surface area contributed by atoms with E-state index in [1.54, 1.807) is 4.68 Å². The molecule has 0 bridgehead atoms. The van der Waals surface area contributed by atoms with Gasteiger partial charge in [-0.25, -0.2) is 4.68 Å². The largest absolute Gasteiger partial charge is 0.414 e. The van der Waals surface area contributed by atoms with E-state index in [1.165, 1.54) is 0 Å². The molecular weight excluding hydrogens is 208 g/mol. The van der Waals surface area contributed by atoms with Crippen LogP contribution in [-0.2, 0) is 12.0 Å². The van der Waals surface area contributed by atoms with Gasteiger partial charge in [0.2, 0.25) is 0 Å². The Hall–Kier alpha value is -1.46. The van der Waals surface area contributed by atoms with Crippen LogP contribution in [0.3, 0.4) is 0 Å². The Bertz CT molecular complexity index is 379. The first-order valence-corrected chi connectivity index (χ1v) is 5.46. The minimum atomic E-state index is -0.462. The SMILES string of the molecule is CCCCn1nnc([N+](=O)[O-])c1C(C)(C)C. The third kappa shape index (κ3) is 2.56. The number of aryl methyl sites for hydroxylation is 1. The molecule has 16 heavy (non-hydrogen) atoms. The van der Waals surface area contributed by atoms with Gasteiger partial charge in [0.1, 0.15) is 10.8 Å². The van der Waals surface area contributed by atoms with Crippen LogP contribution in [0, 0.1) is 10.1 Å². The molecule has 0 saturated heterocycles. The van der Waals surface area contributed by atoms with Gasteiger partial charge >= 0.3 is 5.82 Å². The van der Waals surface area contributed by atoms with E-state index in [4.69, 9.17) is 0 Å². The van der Waals surface area contributed by atoms with E-state index in [0.717, 1.165) is 12.8 Å². The van der Waals surface area contributed by atoms with Gasteiger partial charge in [-0.05, 0) is 11.3 Å². The number of unbranched alkanes of at least 4 members (excludes halogenated alkanes) is 1. The van der Waals surface area contributed by atoms with Crippen molar-refractivity contribution in [1.29, 1.82) is 0 Å². The molecule has 6 nitrogen and oxygen atoms in total. The average molecular weight is 226 g/mol. The predicted octanol–water partition coefficient (Wildman–Crippen LogP) is 2.28. The smallest absolute Gasteiger partial charge is 0.358 e. The number of hydrogen-bond acceptors (Lipinski definition) is 4. The monoisotopic (exact) mass is 226 g/mol. The van der Waals surface area contributed by atoms with Crippen molar-refractivity contribution in [2.24, 2.45) is 0 Å². The molecule has 0 aliphatic rings. The summed E-state index contributed by atoms with van der Waals surface area (Å²) in [6, 6.07) is 0. The number of rotatable bonds is 4. The van der Waals surface area contributed by atoms with Crippen LogP contribution in [-0.4, -0.2) is 19.9 Å². The lowest BCUT2D eigenvalue weighted by atomic mass is 9.92. The molecule has 6 heteroatoms. The van der Waals surface area contributed by atoms with Crippen molar-refractivity contribution in [1.82, 2.24) is 15.0 Å². The lowest BCUT2D eigenvalue weighted by Gasteiger charge is -2.17. The van der Waals surface area contributed by atoms with Crippen LogP contribution in [0.1, 0.15) is 46.2 Å². The first-order chi connectivity index (χ1) is 7.38. The van der Waals surface area contributed by atoms with Crippen LogP contribution in [0.4, 0.5) is 5.82 Å². The molecule has 0 fully saturated rings. The van der Waals surface area contributed by atoms with Crippen molar-refractivity contribution in [3.05, 3.63) is 15.8 Å². The third-order valence-electron chi connectivity index (χ3n) is 2.32. The van der Waals surface area contributed by atoms with Crippen molar-refractivity contribution in [3.63, 3.8) is 0 Å². The summed E-state index contributed by atoms with van der Waals surface area (Å²) in [5.74, 6) is -0.122. The van der Waals surface area contributed by atoms with Crippen molar-refractivity contribution < 1.29 is 4.92 Å². The Labute approximate surface area is 94.8 Å². The number of nitrogens with zero attached hydrogens (tertiary/aromatic N) is 4. The van der Waals surface area contributed by atoms with Gasteiger partial charge in [0.05, 0.1) is 5.21 Å². The van der Waals surface area contributed by atoms with Gasteiger partial charge in [-0.15, -0.1) is 0 Å². The summed E-state index contributed by atoms with van der Waals surface area (Å²) in [5, 5.41) is 18.4. The van der Waals surface area contributed by atoms with Gasteiger partial charge in [-0.1, -0.05) is 34.1 Å². The topological polar surface area (TPSA) is 73.8 Å². The highest BCUT2D eigenvalue weighted by molar-refractivity contribution is 5.31. The van der Waals surface area contributed by atoms with Gasteiger partial charge in [0, 0.05) is 12.0 Å². The molecule has 0 atom stereocenters. The minimum Gasteiger partial charge on any atom is -0.358 e. The van der Waals surface area contributed by atoms with E-state index >= 15 is 0 Å². The molecule has 0 saturated carbocycles. The van der Waals surface area contributed by atoms with E-state index in [9.17, 15) is 10.1 Å². The maximum atomic E-state index is 10.8. The van der Waals surface area contributed by atoms with E-state index in [0.29, 0.717) is 12.2 Å². The predicted molar refractivity (Wildman–Crippen MR) is 60.3 cm³/mol. The Morgan fingerprint density at radius 1 is 1.44 bits per heavy atom. The zero-order chi connectivity index (χ0) is 12.3. The minimum absolute atomic E-state index is 0.122. The first-order valence-electron chi connectivity index (χ1n) is 5.46. The van der Waals surface area contributed by atoms with Crippen LogP contribution >= 0.6 is 0 Å². The zero-order valence-corrected chi connectivity index (χ0v) is 10.2. The van der Waals surface area contributed by atoms with Gasteiger partial charge in [-0.2, -0.15) is 0 Å². The van der Waals surface area contributed by atoms with Gasteiger partial charge in [-0.3, -0.25) is 0 Å². The van der Waals surface area contributed by atoms with Crippen LogP contribution in [0.2, 0.25) is 0 Å². The highest BCUT2D eigenvalue weighted by Gasteiger charge is 2.32. The highest BCUT2D eigenvalue weighted by Crippen LogP contribution is 2.29. The fourth-order valence-electron chi connectivity index (χ4n) is 1.61. The second kappa shape index (κ2) is 4.59. The molecule has 0 spiro atoms. The summed E-state index contributed by atoms with van der Waals surface area (Å²) in [7, 11) is 0. The van der Waals surface area contributed by atoms with Gasteiger partial charge in [0.15, 0.2) is 0 Å². The average Bonchev–Trinajstić information content (AvgIpc) is 2.57. The molecule has 1 aromatic heterocycles. The van der Waals surface area contributed by atoms with Crippen molar-refractivity contribution in [2.75, 3.05) is 0 Å². The number of hydrogen-bond donors (Lipinski definition) is 0. The van der Waals surface area contributed by atoms with Gasteiger partial charge in [0.25, 0.3) is 0 Å². The van der Waals surface area contributed by atoms with Crippen molar-refractivity contribution in [3.8, 4) is 0 Å². The van der Waals surface area contributed by atoms with Crippen LogP contribution in [0.15, 0.2) is 0 Å². The molecule has 1 heterocycles. The molecule has 1 rings (SSSR count). The molecular formula is C10H18N4O2. The second-order valence-corrected chi connectivity index (χ2v) is 4.85. The molecule has 0 amide bonds. The Kier molecular flexibility index (Phi) is 3.62. The molecule has 90 valence electrons. The second-order valence-electron chi connectivity index (χ2n) is 4.85. The molecule has 0 aliphatic heterocycles. The van der Waals surface area contributed by atoms with Crippen molar-refractivity contribution >= 4 is 5.82 Å². The first kappa shape index (κ1) is 12.6.